The van der Waals surface area contributed by atoms with Crippen molar-refractivity contribution in [1.29, 1.82) is 0 Å². The molecule has 0 saturated carbocycles. The van der Waals surface area contributed by atoms with Crippen LogP contribution in [0.3, 0.4) is 0 Å². The van der Waals surface area contributed by atoms with Gasteiger partial charge in [0.25, 0.3) is 0 Å². The normalized spacial score (nSPS) is 14.2. The number of likely N-dealkylation sites (N-methyl/N-ethyl adjacent to an activating group) is 1. The van der Waals surface area contributed by atoms with Crippen LogP contribution in [0.1, 0.15) is 258 Å². The molecular formula is C58H110N2O7P+. The summed E-state index contributed by atoms with van der Waals surface area (Å²) in [7, 11) is 1.49. The molecule has 0 aliphatic rings. The van der Waals surface area contributed by atoms with Crippen molar-refractivity contribution in [3.05, 3.63) is 48.6 Å². The van der Waals surface area contributed by atoms with Crippen LogP contribution in [0.5, 0.6) is 0 Å². The lowest BCUT2D eigenvalue weighted by Crippen LogP contribution is -2.47. The van der Waals surface area contributed by atoms with E-state index < -0.39 is 20.0 Å². The Labute approximate surface area is 420 Å². The monoisotopic (exact) mass is 978 g/mol. The van der Waals surface area contributed by atoms with Gasteiger partial charge in [0, 0.05) is 12.8 Å². The topological polar surface area (TPSA) is 111 Å². The SMILES string of the molecule is CC/C=C/C=C/C=C\CCCCCCCC(=O)OC(/C=C/CCCCCCCCCCCCC)C(COP(=O)(O)OCC[N+](C)(C)C)NC(=O)CCCCCCCCCCCCCCCCCC. The molecule has 0 bridgehead atoms. The lowest BCUT2D eigenvalue weighted by Gasteiger charge is -2.27. The number of phosphoric acid groups is 1. The summed E-state index contributed by atoms with van der Waals surface area (Å²) in [4.78, 5) is 37.5. The molecule has 0 saturated heterocycles. The van der Waals surface area contributed by atoms with Crippen molar-refractivity contribution in [3.63, 3.8) is 0 Å². The van der Waals surface area contributed by atoms with Crippen molar-refractivity contribution in [1.82, 2.24) is 5.32 Å². The van der Waals surface area contributed by atoms with Gasteiger partial charge in [0.1, 0.15) is 19.3 Å². The molecule has 0 fully saturated rings. The molecular weight excluding hydrogens is 868 g/mol. The standard InChI is InChI=1S/C58H109N2O7P/c1-7-10-13-16-19-22-25-28-29-30-33-35-38-41-44-47-50-57(61)59-55(54-66-68(63,64)65-53-52-60(4,5)6)56(49-46-43-40-37-34-31-26-23-20-17-14-11-8-2)67-58(62)51-48-45-42-39-36-32-27-24-21-18-15-12-9-3/h12,15,18,21,24,27,46,49,55-56H,7-11,13-14,16-17,19-20,22-23,25-26,28-45,47-48,50-54H2,1-6H3,(H-,59,61,63,64)/p+1/b15-12+,21-18+,27-24-,49-46+. The van der Waals surface area contributed by atoms with Gasteiger partial charge >= 0.3 is 13.8 Å². The van der Waals surface area contributed by atoms with Gasteiger partial charge in [0.15, 0.2) is 0 Å². The van der Waals surface area contributed by atoms with Gasteiger partial charge in [-0.05, 0) is 51.0 Å². The fourth-order valence-electron chi connectivity index (χ4n) is 8.18. The molecule has 2 N–H and O–H groups in total. The third-order valence-corrected chi connectivity index (χ3v) is 13.6. The summed E-state index contributed by atoms with van der Waals surface area (Å²) in [5, 5.41) is 3.05. The second kappa shape index (κ2) is 48.6. The molecule has 0 aliphatic carbocycles. The Morgan fingerprint density at radius 3 is 1.40 bits per heavy atom. The van der Waals surface area contributed by atoms with Gasteiger partial charge in [-0.15, -0.1) is 0 Å². The summed E-state index contributed by atoms with van der Waals surface area (Å²) >= 11 is 0. The maximum atomic E-state index is 13.5. The number of amides is 1. The highest BCUT2D eigenvalue weighted by atomic mass is 31.2. The summed E-state index contributed by atoms with van der Waals surface area (Å²) < 4.78 is 30.6. The molecule has 0 heterocycles. The van der Waals surface area contributed by atoms with Crippen LogP contribution in [0.25, 0.3) is 0 Å². The van der Waals surface area contributed by atoms with E-state index in [0.717, 1.165) is 83.5 Å². The zero-order valence-electron chi connectivity index (χ0n) is 45.3. The molecule has 3 unspecified atom stereocenters. The van der Waals surface area contributed by atoms with Gasteiger partial charge in [-0.1, -0.05) is 243 Å². The molecule has 0 rings (SSSR count). The summed E-state index contributed by atoms with van der Waals surface area (Å²) in [6.07, 6.45) is 58.1. The second-order valence-electron chi connectivity index (χ2n) is 20.5. The zero-order valence-corrected chi connectivity index (χ0v) is 46.2. The number of esters is 1. The molecule has 0 aromatic heterocycles. The first-order chi connectivity index (χ1) is 32.9. The molecule has 0 aromatic rings. The highest BCUT2D eigenvalue weighted by Crippen LogP contribution is 2.43. The number of carbonyl (C=O) groups excluding carboxylic acids is 2. The molecule has 0 aliphatic heterocycles. The number of hydrogen-bond acceptors (Lipinski definition) is 6. The highest BCUT2D eigenvalue weighted by Gasteiger charge is 2.30. The van der Waals surface area contributed by atoms with Crippen LogP contribution in [0.15, 0.2) is 48.6 Å². The van der Waals surface area contributed by atoms with Crippen LogP contribution in [0.4, 0.5) is 0 Å². The average Bonchev–Trinajstić information content (AvgIpc) is 3.29. The highest BCUT2D eigenvalue weighted by molar-refractivity contribution is 7.47. The summed E-state index contributed by atoms with van der Waals surface area (Å²) in [6.45, 7) is 6.88. The Kier molecular flexibility index (Phi) is 47.1. The lowest BCUT2D eigenvalue weighted by molar-refractivity contribution is -0.870. The molecule has 10 heteroatoms. The first-order valence-electron chi connectivity index (χ1n) is 28.5. The predicted octanol–water partition coefficient (Wildman–Crippen LogP) is 16.9. The smallest absolute Gasteiger partial charge is 0.456 e. The van der Waals surface area contributed by atoms with Crippen molar-refractivity contribution >= 4 is 19.7 Å². The van der Waals surface area contributed by atoms with E-state index in [9.17, 15) is 19.0 Å². The molecule has 0 radical (unpaired) electrons. The fourth-order valence-corrected chi connectivity index (χ4v) is 8.91. The van der Waals surface area contributed by atoms with Gasteiger partial charge in [-0.25, -0.2) is 4.57 Å². The van der Waals surface area contributed by atoms with E-state index in [2.05, 4.69) is 62.5 Å². The molecule has 3 atom stereocenters. The van der Waals surface area contributed by atoms with Crippen molar-refractivity contribution in [2.24, 2.45) is 0 Å². The third kappa shape index (κ3) is 49.0. The number of carbonyl (C=O) groups is 2. The molecule has 9 nitrogen and oxygen atoms in total. The Balaban J connectivity index is 5.37. The Bertz CT molecular complexity index is 1310. The molecule has 68 heavy (non-hydrogen) atoms. The number of ether oxygens (including phenoxy) is 1. The van der Waals surface area contributed by atoms with Crippen LogP contribution in [-0.2, 0) is 27.9 Å². The van der Waals surface area contributed by atoms with Crippen LogP contribution in [0.2, 0.25) is 0 Å². The minimum absolute atomic E-state index is 0.0375. The van der Waals surface area contributed by atoms with Crippen molar-refractivity contribution in [2.45, 2.75) is 270 Å². The summed E-state index contributed by atoms with van der Waals surface area (Å²) in [6, 6.07) is -0.853. The Morgan fingerprint density at radius 1 is 0.529 bits per heavy atom. The number of hydrogen-bond donors (Lipinski definition) is 2. The van der Waals surface area contributed by atoms with Crippen LogP contribution in [-0.4, -0.2) is 74.3 Å². The minimum Gasteiger partial charge on any atom is -0.456 e. The maximum Gasteiger partial charge on any atom is 0.472 e. The largest absolute Gasteiger partial charge is 0.472 e. The van der Waals surface area contributed by atoms with E-state index in [-0.39, 0.29) is 31.5 Å². The number of nitrogens with zero attached hydrogens (tertiary/aromatic N) is 1. The predicted molar refractivity (Wildman–Crippen MR) is 291 cm³/mol. The van der Waals surface area contributed by atoms with Gasteiger partial charge < -0.3 is 19.4 Å². The first-order valence-corrected chi connectivity index (χ1v) is 30.0. The van der Waals surface area contributed by atoms with E-state index in [1.54, 1.807) is 0 Å². The van der Waals surface area contributed by atoms with Crippen LogP contribution in [0, 0.1) is 0 Å². The van der Waals surface area contributed by atoms with E-state index in [0.29, 0.717) is 17.4 Å². The number of rotatable bonds is 51. The van der Waals surface area contributed by atoms with E-state index in [1.807, 2.05) is 33.3 Å². The lowest BCUT2D eigenvalue weighted by atomic mass is 10.0. The Morgan fingerprint density at radius 2 is 0.941 bits per heavy atom. The average molecular weight is 978 g/mol. The zero-order chi connectivity index (χ0) is 50.1. The van der Waals surface area contributed by atoms with Gasteiger partial charge in [-0.3, -0.25) is 18.6 Å². The molecule has 0 aromatic carbocycles. The number of quaternary nitrogens is 1. The van der Waals surface area contributed by atoms with Crippen molar-refractivity contribution in [3.8, 4) is 0 Å². The molecule has 0 spiro atoms. The maximum absolute atomic E-state index is 13.5. The quantitative estimate of drug-likeness (QED) is 0.0156. The van der Waals surface area contributed by atoms with Gasteiger partial charge in [-0.2, -0.15) is 0 Å². The van der Waals surface area contributed by atoms with E-state index in [1.165, 1.54) is 141 Å². The number of nitrogens with one attached hydrogen (secondary N) is 1. The fraction of sp³-hybridized carbons (Fsp3) is 0.828. The second-order valence-corrected chi connectivity index (χ2v) is 22.0. The van der Waals surface area contributed by atoms with E-state index in [4.69, 9.17) is 13.8 Å². The van der Waals surface area contributed by atoms with Gasteiger partial charge in [0.05, 0.1) is 33.8 Å². The number of unbranched alkanes of at least 4 members (excludes halogenated alkanes) is 31. The first kappa shape index (κ1) is 66.0. The number of allylic oxidation sites excluding steroid dienone is 7. The van der Waals surface area contributed by atoms with Crippen LogP contribution < -0.4 is 5.32 Å². The van der Waals surface area contributed by atoms with Gasteiger partial charge in [0.2, 0.25) is 5.91 Å². The molecule has 398 valence electrons. The Hall–Kier alpha value is -2.03. The van der Waals surface area contributed by atoms with E-state index >= 15 is 0 Å². The van der Waals surface area contributed by atoms with Crippen molar-refractivity contribution < 1.29 is 37.3 Å². The summed E-state index contributed by atoms with van der Waals surface area (Å²) in [5.41, 5.74) is 0. The minimum atomic E-state index is -4.44. The summed E-state index contributed by atoms with van der Waals surface area (Å²) in [5.74, 6) is -0.522. The molecule has 1 amide bonds. The number of phosphoric ester groups is 1. The van der Waals surface area contributed by atoms with Crippen LogP contribution >= 0.6 is 7.82 Å². The third-order valence-electron chi connectivity index (χ3n) is 12.6. The van der Waals surface area contributed by atoms with Crippen molar-refractivity contribution in [2.75, 3.05) is 40.9 Å².